The molecule has 9 nitrogen and oxygen atoms in total. The second-order valence-electron chi connectivity index (χ2n) is 16.8. The zero-order valence-electron chi connectivity index (χ0n) is 29.6. The molecule has 278 valence electrons. The van der Waals surface area contributed by atoms with Crippen LogP contribution in [0.15, 0.2) is 47.1 Å². The maximum absolute atomic E-state index is 14.5. The van der Waals surface area contributed by atoms with E-state index in [0.29, 0.717) is 55.4 Å². The number of hydrogen-bond donors (Lipinski definition) is 3. The van der Waals surface area contributed by atoms with Crippen molar-refractivity contribution in [1.82, 2.24) is 10.2 Å². The van der Waals surface area contributed by atoms with Gasteiger partial charge in [-0.25, -0.2) is 4.39 Å². The molecule has 1 saturated heterocycles. The van der Waals surface area contributed by atoms with Crippen LogP contribution in [-0.2, 0) is 22.2 Å². The number of amides is 2. The van der Waals surface area contributed by atoms with Crippen molar-refractivity contribution in [2.45, 2.75) is 89.3 Å². The summed E-state index contributed by atoms with van der Waals surface area (Å²) in [6.07, 6.45) is 1.31. The number of carbonyl (C=O) groups excluding carboxylic acids is 2. The number of allylic oxidation sites excluding steroid dienone is 1. The highest BCUT2D eigenvalue weighted by molar-refractivity contribution is 6.07. The third kappa shape index (κ3) is 6.59. The molecule has 2 unspecified atom stereocenters. The van der Waals surface area contributed by atoms with Crippen LogP contribution in [0.1, 0.15) is 80.4 Å². The number of hydrogen-bond acceptors (Lipinski definition) is 7. The molecule has 3 aliphatic carbocycles. The van der Waals surface area contributed by atoms with Gasteiger partial charge in [0.15, 0.2) is 0 Å². The molecule has 2 bridgehead atoms. The minimum absolute atomic E-state index is 0.0512. The number of rotatable bonds is 8. The zero-order valence-corrected chi connectivity index (χ0v) is 29.6. The van der Waals surface area contributed by atoms with Gasteiger partial charge >= 0.3 is 6.18 Å². The van der Waals surface area contributed by atoms with Gasteiger partial charge in [0, 0.05) is 49.3 Å². The van der Waals surface area contributed by atoms with Crippen LogP contribution < -0.4 is 15.4 Å². The van der Waals surface area contributed by atoms with Gasteiger partial charge in [-0.2, -0.15) is 13.2 Å². The second kappa shape index (κ2) is 12.3. The fourth-order valence-corrected chi connectivity index (χ4v) is 9.22. The smallest absolute Gasteiger partial charge is 0.419 e. The van der Waals surface area contributed by atoms with Gasteiger partial charge in [-0.15, -0.1) is 0 Å². The van der Waals surface area contributed by atoms with E-state index in [1.54, 1.807) is 19.9 Å². The van der Waals surface area contributed by atoms with E-state index in [1.165, 1.54) is 0 Å². The van der Waals surface area contributed by atoms with Crippen molar-refractivity contribution in [3.8, 4) is 5.75 Å². The number of ether oxygens (including phenoxy) is 1. The van der Waals surface area contributed by atoms with Crippen LogP contribution in [0.3, 0.4) is 0 Å². The van der Waals surface area contributed by atoms with E-state index in [9.17, 15) is 32.3 Å². The van der Waals surface area contributed by atoms with E-state index in [1.807, 2.05) is 19.9 Å². The number of alkyl halides is 3. The van der Waals surface area contributed by atoms with Gasteiger partial charge in [0.05, 0.1) is 34.3 Å². The molecule has 0 radical (unpaired) electrons. The Balaban J connectivity index is 1.09. The Morgan fingerprint density at radius 2 is 1.81 bits per heavy atom. The van der Waals surface area contributed by atoms with Crippen molar-refractivity contribution in [2.24, 2.45) is 34.7 Å². The van der Waals surface area contributed by atoms with E-state index in [-0.39, 0.29) is 29.5 Å². The van der Waals surface area contributed by atoms with Crippen LogP contribution in [0.5, 0.6) is 5.75 Å². The average molecular weight is 725 g/mol. The molecule has 13 heteroatoms. The van der Waals surface area contributed by atoms with Gasteiger partial charge in [0.1, 0.15) is 23.3 Å². The fourth-order valence-electron chi connectivity index (χ4n) is 9.22. The van der Waals surface area contributed by atoms with E-state index in [4.69, 9.17) is 9.57 Å². The van der Waals surface area contributed by atoms with Crippen LogP contribution >= 0.6 is 0 Å². The molecule has 52 heavy (non-hydrogen) atoms. The van der Waals surface area contributed by atoms with Crippen molar-refractivity contribution in [1.29, 1.82) is 0 Å². The first-order valence-corrected chi connectivity index (χ1v) is 18.2. The summed E-state index contributed by atoms with van der Waals surface area (Å²) in [7, 11) is 0. The number of benzene rings is 2. The number of halogens is 4. The van der Waals surface area contributed by atoms with Gasteiger partial charge in [-0.05, 0) is 101 Å². The summed E-state index contributed by atoms with van der Waals surface area (Å²) in [5.41, 5.74) is 0.724. The van der Waals surface area contributed by atoms with Crippen molar-refractivity contribution in [2.75, 3.05) is 25.0 Å². The fraction of sp³-hybridized carbons (Fsp3) is 0.564. The monoisotopic (exact) mass is 724 g/mol. The van der Waals surface area contributed by atoms with Crippen molar-refractivity contribution in [3.05, 3.63) is 70.1 Å². The van der Waals surface area contributed by atoms with Crippen LogP contribution in [0.2, 0.25) is 0 Å². The molecular formula is C39H44F4N4O5. The highest BCUT2D eigenvalue weighted by atomic mass is 19.4. The van der Waals surface area contributed by atoms with E-state index < -0.39 is 52.5 Å². The predicted molar refractivity (Wildman–Crippen MR) is 184 cm³/mol. The standard InChI is InChI=1S/C39H44F4N4O5/c1-37(2,50)18-47-16-27-30(17-47)52-46-32(27)20-12-21-15-38(3,4)51-34(21)26(13-20)35(48)45-33-24-9-8-23(25(24)11-19-5-6-19)31(33)36(49)44-22-7-10-29(40)28(14-22)39(41,42)43/h7,10-14,19,23-24,27,30-31,33,50H,5-6,8-9,15-18H2,1-4H3,(H,44,49)(H,45,48)/b25-11-/t23-,24+,27?,30?,31-,33+/m0/s1. The number of oxime groups is 1. The number of likely N-dealkylation sites (tertiary alicyclic amines) is 1. The number of aliphatic hydroxyl groups is 1. The van der Waals surface area contributed by atoms with Crippen LogP contribution in [0, 0.1) is 35.4 Å². The Bertz CT molecular complexity index is 1880. The summed E-state index contributed by atoms with van der Waals surface area (Å²) in [4.78, 5) is 36.5. The summed E-state index contributed by atoms with van der Waals surface area (Å²) < 4.78 is 60.9. The Hall–Kier alpha value is -3.97. The van der Waals surface area contributed by atoms with E-state index in [0.717, 1.165) is 54.2 Å². The lowest BCUT2D eigenvalue weighted by molar-refractivity contribution is -0.140. The summed E-state index contributed by atoms with van der Waals surface area (Å²) in [5, 5.41) is 20.7. The minimum atomic E-state index is -4.93. The van der Waals surface area contributed by atoms with Gasteiger partial charge < -0.3 is 25.3 Å². The second-order valence-corrected chi connectivity index (χ2v) is 16.8. The number of carbonyl (C=O) groups is 2. The molecule has 3 saturated carbocycles. The Labute approximate surface area is 299 Å². The van der Waals surface area contributed by atoms with Gasteiger partial charge in [0.25, 0.3) is 5.91 Å². The zero-order chi connectivity index (χ0) is 36.9. The molecule has 3 heterocycles. The number of anilines is 1. The molecule has 0 aromatic heterocycles. The van der Waals surface area contributed by atoms with Crippen LogP contribution in [0.4, 0.5) is 23.2 Å². The molecule has 0 spiro atoms. The molecule has 6 aliphatic rings. The SMILES string of the molecule is CC(C)(O)CN1CC2ON=C(c3cc4c(c(C(=O)N[C@H]5[C@@H](C(=O)Nc6ccc(F)c(C(F)(F)F)c6)[C@H]6CC[C@@H]5/C6=C\C5CC5)c3)OC(C)(C)C4)C2C1. The summed E-state index contributed by atoms with van der Waals surface area (Å²) >= 11 is 0. The number of nitrogens with zero attached hydrogens (tertiary/aromatic N) is 2. The van der Waals surface area contributed by atoms with Gasteiger partial charge in [0.2, 0.25) is 5.91 Å². The Kier molecular flexibility index (Phi) is 8.29. The van der Waals surface area contributed by atoms with Crippen molar-refractivity contribution in [3.63, 3.8) is 0 Å². The molecular weight excluding hydrogens is 680 g/mol. The molecule has 3 aliphatic heterocycles. The lowest BCUT2D eigenvalue weighted by Gasteiger charge is -2.30. The van der Waals surface area contributed by atoms with Gasteiger partial charge in [-0.1, -0.05) is 16.8 Å². The number of fused-ring (bicyclic) bond motifs is 4. The van der Waals surface area contributed by atoms with E-state index in [2.05, 4.69) is 26.8 Å². The molecule has 2 aromatic rings. The Morgan fingerprint density at radius 1 is 1.06 bits per heavy atom. The third-order valence-electron chi connectivity index (χ3n) is 11.4. The molecule has 2 amide bonds. The topological polar surface area (TPSA) is 112 Å². The maximum atomic E-state index is 14.5. The highest BCUT2D eigenvalue weighted by Gasteiger charge is 2.55. The maximum Gasteiger partial charge on any atom is 0.419 e. The van der Waals surface area contributed by atoms with E-state index >= 15 is 0 Å². The molecule has 2 aromatic carbocycles. The largest absolute Gasteiger partial charge is 0.486 e. The van der Waals surface area contributed by atoms with Crippen molar-refractivity contribution < 1.29 is 41.8 Å². The average Bonchev–Trinajstić information content (AvgIpc) is 3.27. The quantitative estimate of drug-likeness (QED) is 0.225. The first kappa shape index (κ1) is 35.1. The molecule has 4 fully saturated rings. The molecule has 3 N–H and O–H groups in total. The third-order valence-corrected chi connectivity index (χ3v) is 11.4. The van der Waals surface area contributed by atoms with Crippen molar-refractivity contribution >= 4 is 23.2 Å². The van der Waals surface area contributed by atoms with Crippen LogP contribution in [0.25, 0.3) is 0 Å². The lowest BCUT2D eigenvalue weighted by atomic mass is 9.83. The summed E-state index contributed by atoms with van der Waals surface area (Å²) in [5.74, 6) is -2.53. The first-order chi connectivity index (χ1) is 24.4. The lowest BCUT2D eigenvalue weighted by Crippen LogP contribution is -2.48. The summed E-state index contributed by atoms with van der Waals surface area (Å²) in [6, 6.07) is 5.59. The minimum Gasteiger partial charge on any atom is -0.486 e. The number of β-amino-alcohol motifs (C(OH)–C–C–N with tert-alkyl or cyclic N) is 1. The predicted octanol–water partition coefficient (Wildman–Crippen LogP) is 6.09. The number of nitrogens with one attached hydrogen (secondary N) is 2. The first-order valence-electron chi connectivity index (χ1n) is 18.2. The Morgan fingerprint density at radius 3 is 2.52 bits per heavy atom. The highest BCUT2D eigenvalue weighted by Crippen LogP contribution is 2.55. The summed E-state index contributed by atoms with van der Waals surface area (Å²) in [6.45, 7) is 9.20. The molecule has 8 rings (SSSR count). The van der Waals surface area contributed by atoms with Gasteiger partial charge in [-0.3, -0.25) is 14.5 Å². The normalized spacial score (nSPS) is 29.8. The molecule has 6 atom stereocenters. The van der Waals surface area contributed by atoms with Crippen LogP contribution in [-0.4, -0.2) is 70.5 Å².